The third-order valence-electron chi connectivity index (χ3n) is 4.55. The zero-order chi connectivity index (χ0) is 26.1. The monoisotopic (exact) mass is 499 g/mol. The first-order chi connectivity index (χ1) is 16.3. The molecule has 3 aromatic rings. The van der Waals surface area contributed by atoms with Gasteiger partial charge in [-0.1, -0.05) is 0 Å². The number of halogens is 4. The van der Waals surface area contributed by atoms with Crippen LogP contribution in [0.15, 0.2) is 34.0 Å². The van der Waals surface area contributed by atoms with Crippen LogP contribution in [0.25, 0.3) is 5.69 Å². The van der Waals surface area contributed by atoms with E-state index in [0.717, 1.165) is 26.4 Å². The largest absolute Gasteiger partial charge is 0.466 e. The van der Waals surface area contributed by atoms with Gasteiger partial charge in [-0.05, 0) is 6.92 Å². The Morgan fingerprint density at radius 2 is 1.86 bits per heavy atom. The van der Waals surface area contributed by atoms with E-state index in [1.807, 2.05) is 0 Å². The molecule has 0 bridgehead atoms. The van der Waals surface area contributed by atoms with Crippen molar-refractivity contribution >= 4 is 11.7 Å². The Morgan fingerprint density at radius 3 is 2.49 bits per heavy atom. The van der Waals surface area contributed by atoms with E-state index in [4.69, 9.17) is 15.2 Å². The van der Waals surface area contributed by atoms with Crippen molar-refractivity contribution in [1.82, 2.24) is 19.1 Å². The summed E-state index contributed by atoms with van der Waals surface area (Å²) in [5.41, 5.74) is 0.354. The van der Waals surface area contributed by atoms with Crippen LogP contribution >= 0.6 is 0 Å². The molecule has 2 aromatic heterocycles. The number of benzene rings is 1. The number of ether oxygens (including phenoxy) is 3. The fraction of sp³-hybridized carbons (Fsp3) is 0.250. The van der Waals surface area contributed by atoms with Crippen LogP contribution in [0.3, 0.4) is 0 Å². The zero-order valence-corrected chi connectivity index (χ0v) is 18.3. The summed E-state index contributed by atoms with van der Waals surface area (Å²) in [5.74, 6) is -2.38. The molecule has 0 saturated carbocycles. The maximum absolute atomic E-state index is 14.7. The fourth-order valence-electron chi connectivity index (χ4n) is 2.85. The van der Waals surface area contributed by atoms with Gasteiger partial charge in [-0.25, -0.2) is 23.5 Å². The zero-order valence-electron chi connectivity index (χ0n) is 18.3. The van der Waals surface area contributed by atoms with Crippen molar-refractivity contribution in [3.8, 4) is 23.1 Å². The molecule has 0 aliphatic heterocycles. The van der Waals surface area contributed by atoms with Gasteiger partial charge in [0.05, 0.1) is 24.7 Å². The number of aryl methyl sites for hydroxylation is 1. The van der Waals surface area contributed by atoms with Gasteiger partial charge in [-0.15, -0.1) is 0 Å². The standard InChI is InChI=1S/C20H17F4N5O6/c1-9-26-7-14(18(27-9)34-8-17(31)33-3)35-13-5-12(10(21)4-11(13)25)29-16(30)6-15(20(22,23)24)28(2)19(29)32/h4-7H,8,25H2,1-3H3. The summed E-state index contributed by atoms with van der Waals surface area (Å²) >= 11 is 0. The summed E-state index contributed by atoms with van der Waals surface area (Å²) in [6.07, 6.45) is -3.84. The van der Waals surface area contributed by atoms with Gasteiger partial charge >= 0.3 is 17.8 Å². The molecule has 1 aromatic carbocycles. The van der Waals surface area contributed by atoms with Gasteiger partial charge in [0.15, 0.2) is 12.4 Å². The van der Waals surface area contributed by atoms with Crippen LogP contribution in [0, 0.1) is 12.7 Å². The topological polar surface area (TPSA) is 141 Å². The first-order valence-corrected chi connectivity index (χ1v) is 9.54. The summed E-state index contributed by atoms with van der Waals surface area (Å²) in [4.78, 5) is 44.2. The molecule has 2 N–H and O–H groups in total. The molecular weight excluding hydrogens is 482 g/mol. The first-order valence-electron chi connectivity index (χ1n) is 9.54. The minimum Gasteiger partial charge on any atom is -0.466 e. The molecule has 0 atom stereocenters. The highest BCUT2D eigenvalue weighted by Crippen LogP contribution is 2.35. The molecule has 35 heavy (non-hydrogen) atoms. The molecule has 2 heterocycles. The van der Waals surface area contributed by atoms with Crippen molar-refractivity contribution in [2.45, 2.75) is 13.1 Å². The second-order valence-corrected chi connectivity index (χ2v) is 6.94. The van der Waals surface area contributed by atoms with Gasteiger partial charge < -0.3 is 19.9 Å². The first kappa shape index (κ1) is 25.2. The van der Waals surface area contributed by atoms with E-state index in [-0.39, 0.29) is 44.1 Å². The number of aromatic nitrogens is 4. The van der Waals surface area contributed by atoms with Crippen LogP contribution in [0.2, 0.25) is 0 Å². The van der Waals surface area contributed by atoms with Gasteiger partial charge in [0, 0.05) is 25.2 Å². The minimum atomic E-state index is -4.99. The molecule has 0 unspecified atom stereocenters. The number of carbonyl (C=O) groups excluding carboxylic acids is 1. The quantitative estimate of drug-likeness (QED) is 0.305. The number of nitrogen functional groups attached to an aromatic ring is 1. The van der Waals surface area contributed by atoms with Crippen LogP contribution in [-0.2, 0) is 22.8 Å². The molecule has 0 radical (unpaired) electrons. The third-order valence-corrected chi connectivity index (χ3v) is 4.55. The number of nitrogens with two attached hydrogens (primary N) is 1. The number of rotatable bonds is 6. The second-order valence-electron chi connectivity index (χ2n) is 6.94. The number of nitrogens with zero attached hydrogens (tertiary/aromatic N) is 4. The van der Waals surface area contributed by atoms with Gasteiger partial charge in [-0.2, -0.15) is 18.2 Å². The highest BCUT2D eigenvalue weighted by atomic mass is 19.4. The van der Waals surface area contributed by atoms with Crippen molar-refractivity contribution in [3.05, 3.63) is 62.6 Å². The Labute approximate surface area is 193 Å². The average Bonchev–Trinajstić information content (AvgIpc) is 2.77. The summed E-state index contributed by atoms with van der Waals surface area (Å²) in [6, 6.07) is 1.70. The van der Waals surface area contributed by atoms with Crippen molar-refractivity contribution in [2.75, 3.05) is 19.5 Å². The van der Waals surface area contributed by atoms with Crippen LogP contribution in [-0.4, -0.2) is 38.8 Å². The van der Waals surface area contributed by atoms with Crippen LogP contribution < -0.4 is 26.5 Å². The predicted octanol–water partition coefficient (Wildman–Crippen LogP) is 1.72. The molecule has 0 aliphatic rings. The number of alkyl halides is 3. The molecule has 0 spiro atoms. The average molecular weight is 499 g/mol. The molecular formula is C20H17F4N5O6. The molecule has 186 valence electrons. The van der Waals surface area contributed by atoms with Crippen molar-refractivity contribution in [1.29, 1.82) is 0 Å². The Balaban J connectivity index is 2.10. The van der Waals surface area contributed by atoms with Crippen molar-refractivity contribution in [3.63, 3.8) is 0 Å². The Morgan fingerprint density at radius 1 is 1.17 bits per heavy atom. The van der Waals surface area contributed by atoms with E-state index in [2.05, 4.69) is 14.7 Å². The Kier molecular flexibility index (Phi) is 6.79. The Hall–Kier alpha value is -4.43. The van der Waals surface area contributed by atoms with E-state index >= 15 is 0 Å². The molecule has 0 saturated heterocycles. The lowest BCUT2D eigenvalue weighted by Gasteiger charge is -2.16. The molecule has 0 amide bonds. The fourth-order valence-corrected chi connectivity index (χ4v) is 2.85. The highest BCUT2D eigenvalue weighted by molar-refractivity contribution is 5.71. The Bertz CT molecular complexity index is 1420. The SMILES string of the molecule is COC(=O)COc1nc(C)ncc1Oc1cc(-n2c(=O)cc(C(F)(F)F)n(C)c2=O)c(F)cc1N. The second kappa shape index (κ2) is 9.44. The maximum atomic E-state index is 14.7. The lowest BCUT2D eigenvalue weighted by Crippen LogP contribution is -2.41. The molecule has 3 rings (SSSR count). The van der Waals surface area contributed by atoms with E-state index < -0.39 is 47.2 Å². The normalized spacial score (nSPS) is 11.3. The predicted molar refractivity (Wildman–Crippen MR) is 111 cm³/mol. The smallest absolute Gasteiger partial charge is 0.431 e. The number of carbonyl (C=O) groups is 1. The van der Waals surface area contributed by atoms with Crippen LogP contribution in [0.4, 0.5) is 23.2 Å². The summed E-state index contributed by atoms with van der Waals surface area (Å²) < 4.78 is 69.7. The highest BCUT2D eigenvalue weighted by Gasteiger charge is 2.35. The number of hydrogen-bond acceptors (Lipinski definition) is 9. The molecule has 0 fully saturated rings. The number of anilines is 1. The van der Waals surface area contributed by atoms with E-state index in [0.29, 0.717) is 6.07 Å². The lowest BCUT2D eigenvalue weighted by atomic mass is 10.2. The lowest BCUT2D eigenvalue weighted by molar-refractivity contribution is -0.144. The number of hydrogen-bond donors (Lipinski definition) is 1. The summed E-state index contributed by atoms with van der Waals surface area (Å²) in [6.45, 7) is 0.983. The minimum absolute atomic E-state index is 0.157. The molecule has 0 aliphatic carbocycles. The van der Waals surface area contributed by atoms with E-state index in [9.17, 15) is 31.9 Å². The molecule has 15 heteroatoms. The van der Waals surface area contributed by atoms with Crippen LogP contribution in [0.5, 0.6) is 17.4 Å². The third kappa shape index (κ3) is 5.23. The summed E-state index contributed by atoms with van der Waals surface area (Å²) in [5, 5.41) is 0. The maximum Gasteiger partial charge on any atom is 0.431 e. The van der Waals surface area contributed by atoms with Gasteiger partial charge in [0.1, 0.15) is 17.3 Å². The van der Waals surface area contributed by atoms with Gasteiger partial charge in [-0.3, -0.25) is 9.36 Å². The van der Waals surface area contributed by atoms with Crippen molar-refractivity contribution in [2.24, 2.45) is 7.05 Å². The van der Waals surface area contributed by atoms with Crippen LogP contribution in [0.1, 0.15) is 11.5 Å². The van der Waals surface area contributed by atoms with Crippen molar-refractivity contribution < 1.29 is 36.6 Å². The number of methoxy groups -OCH3 is 1. The van der Waals surface area contributed by atoms with Gasteiger partial charge in [0.25, 0.3) is 11.4 Å². The number of esters is 1. The van der Waals surface area contributed by atoms with E-state index in [1.165, 1.54) is 6.92 Å². The van der Waals surface area contributed by atoms with Gasteiger partial charge in [0.2, 0.25) is 5.75 Å². The molecule has 11 nitrogen and oxygen atoms in total. The van der Waals surface area contributed by atoms with E-state index in [1.54, 1.807) is 0 Å². The summed E-state index contributed by atoms with van der Waals surface area (Å²) in [7, 11) is 1.92.